The van der Waals surface area contributed by atoms with Crippen LogP contribution in [0, 0.1) is 0 Å². The first-order valence-corrected chi connectivity index (χ1v) is 8.23. The van der Waals surface area contributed by atoms with E-state index >= 15 is 0 Å². The Kier molecular flexibility index (Phi) is 7.30. The van der Waals surface area contributed by atoms with Gasteiger partial charge >= 0.3 is 6.03 Å². The first-order chi connectivity index (χ1) is 12.6. The fraction of sp³-hybridized carbons (Fsp3) is 0.263. The number of hydrogen-bond donors (Lipinski definition) is 3. The lowest BCUT2D eigenvalue weighted by atomic mass is 10.0. The van der Waals surface area contributed by atoms with Gasteiger partial charge in [-0.25, -0.2) is 4.79 Å². The highest BCUT2D eigenvalue weighted by atomic mass is 16.5. The minimum atomic E-state index is -0.672. The number of urea groups is 1. The molecule has 4 N–H and O–H groups in total. The van der Waals surface area contributed by atoms with Crippen molar-refractivity contribution in [2.75, 3.05) is 20.3 Å². The van der Waals surface area contributed by atoms with E-state index in [2.05, 4.69) is 10.6 Å². The number of rotatable bonds is 9. The lowest BCUT2D eigenvalue weighted by molar-refractivity contribution is -0.121. The third kappa shape index (κ3) is 6.35. The molecule has 26 heavy (non-hydrogen) atoms. The topological polar surface area (TPSA) is 103 Å². The third-order valence-corrected chi connectivity index (χ3v) is 3.66. The SMILES string of the molecule is COc1ccc(OCCNC(=O)CC(NC(N)=O)c2ccccc2)cc1. The van der Waals surface area contributed by atoms with Gasteiger partial charge in [-0.15, -0.1) is 0 Å². The maximum absolute atomic E-state index is 12.1. The van der Waals surface area contributed by atoms with E-state index in [1.807, 2.05) is 30.3 Å². The maximum atomic E-state index is 12.1. The van der Waals surface area contributed by atoms with Crippen molar-refractivity contribution in [1.82, 2.24) is 10.6 Å². The number of methoxy groups -OCH3 is 1. The molecule has 2 aromatic carbocycles. The molecule has 0 aliphatic heterocycles. The van der Waals surface area contributed by atoms with Gasteiger partial charge < -0.3 is 25.8 Å². The molecule has 1 unspecified atom stereocenters. The fourth-order valence-electron chi connectivity index (χ4n) is 2.40. The van der Waals surface area contributed by atoms with Crippen LogP contribution >= 0.6 is 0 Å². The molecule has 7 heteroatoms. The first kappa shape index (κ1) is 19.1. The minimum Gasteiger partial charge on any atom is -0.497 e. The summed E-state index contributed by atoms with van der Waals surface area (Å²) in [7, 11) is 1.60. The largest absolute Gasteiger partial charge is 0.497 e. The summed E-state index contributed by atoms with van der Waals surface area (Å²) in [4.78, 5) is 23.3. The average molecular weight is 357 g/mol. The normalized spacial score (nSPS) is 11.3. The summed E-state index contributed by atoms with van der Waals surface area (Å²) in [6, 6.07) is 15.2. The van der Waals surface area contributed by atoms with Crippen molar-refractivity contribution in [2.24, 2.45) is 5.73 Å². The number of ether oxygens (including phenoxy) is 2. The predicted molar refractivity (Wildman–Crippen MR) is 98.0 cm³/mol. The summed E-state index contributed by atoms with van der Waals surface area (Å²) in [6.07, 6.45) is 0.0927. The van der Waals surface area contributed by atoms with E-state index in [4.69, 9.17) is 15.2 Å². The van der Waals surface area contributed by atoms with Gasteiger partial charge in [-0.1, -0.05) is 30.3 Å². The highest BCUT2D eigenvalue weighted by Gasteiger charge is 2.16. The van der Waals surface area contributed by atoms with Crippen LogP contribution in [0.15, 0.2) is 54.6 Å². The molecule has 2 aromatic rings. The molecule has 0 spiro atoms. The zero-order valence-corrected chi connectivity index (χ0v) is 14.6. The number of nitrogens with two attached hydrogens (primary N) is 1. The molecule has 0 saturated heterocycles. The Bertz CT molecular complexity index is 704. The lowest BCUT2D eigenvalue weighted by Crippen LogP contribution is -2.37. The monoisotopic (exact) mass is 357 g/mol. The van der Waals surface area contributed by atoms with Gasteiger partial charge in [0.05, 0.1) is 26.1 Å². The minimum absolute atomic E-state index is 0.0927. The number of amides is 3. The van der Waals surface area contributed by atoms with Crippen molar-refractivity contribution >= 4 is 11.9 Å². The highest BCUT2D eigenvalue weighted by Crippen LogP contribution is 2.17. The van der Waals surface area contributed by atoms with Gasteiger partial charge in [0.2, 0.25) is 5.91 Å². The summed E-state index contributed by atoms with van der Waals surface area (Å²) in [6.45, 7) is 0.681. The van der Waals surface area contributed by atoms with E-state index in [0.717, 1.165) is 11.3 Å². The summed E-state index contributed by atoms with van der Waals surface area (Å²) >= 11 is 0. The molecule has 0 radical (unpaired) electrons. The first-order valence-electron chi connectivity index (χ1n) is 8.23. The Balaban J connectivity index is 1.77. The molecule has 0 aromatic heterocycles. The van der Waals surface area contributed by atoms with E-state index in [1.54, 1.807) is 31.4 Å². The second-order valence-corrected chi connectivity index (χ2v) is 5.55. The maximum Gasteiger partial charge on any atom is 0.312 e. The molecule has 0 aliphatic rings. The van der Waals surface area contributed by atoms with E-state index in [-0.39, 0.29) is 12.3 Å². The Hall–Kier alpha value is -3.22. The molecule has 7 nitrogen and oxygen atoms in total. The van der Waals surface area contributed by atoms with Crippen LogP contribution in [-0.2, 0) is 4.79 Å². The molecular formula is C19H23N3O4. The molecule has 0 bridgehead atoms. The fourth-order valence-corrected chi connectivity index (χ4v) is 2.40. The number of primary amides is 1. The van der Waals surface area contributed by atoms with Gasteiger partial charge in [0.15, 0.2) is 0 Å². The quantitative estimate of drug-likeness (QED) is 0.597. The van der Waals surface area contributed by atoms with Crippen molar-refractivity contribution in [2.45, 2.75) is 12.5 Å². The lowest BCUT2D eigenvalue weighted by Gasteiger charge is -2.17. The predicted octanol–water partition coefficient (Wildman–Crippen LogP) is 1.99. The van der Waals surface area contributed by atoms with Crippen LogP contribution in [0.4, 0.5) is 4.79 Å². The zero-order valence-electron chi connectivity index (χ0n) is 14.6. The van der Waals surface area contributed by atoms with E-state index < -0.39 is 12.1 Å². The summed E-state index contributed by atoms with van der Waals surface area (Å²) in [5.41, 5.74) is 6.02. The molecule has 3 amide bonds. The summed E-state index contributed by atoms with van der Waals surface area (Å²) in [5, 5.41) is 5.36. The summed E-state index contributed by atoms with van der Waals surface area (Å²) in [5.74, 6) is 1.24. The van der Waals surface area contributed by atoms with Crippen LogP contribution in [-0.4, -0.2) is 32.2 Å². The molecule has 0 aliphatic carbocycles. The third-order valence-electron chi connectivity index (χ3n) is 3.66. The van der Waals surface area contributed by atoms with Crippen LogP contribution in [0.25, 0.3) is 0 Å². The van der Waals surface area contributed by atoms with Gasteiger partial charge in [0.25, 0.3) is 0 Å². The van der Waals surface area contributed by atoms with Crippen LogP contribution in [0.3, 0.4) is 0 Å². The van der Waals surface area contributed by atoms with Crippen LogP contribution in [0.2, 0.25) is 0 Å². The van der Waals surface area contributed by atoms with Crippen LogP contribution in [0.5, 0.6) is 11.5 Å². The molecule has 0 saturated carbocycles. The van der Waals surface area contributed by atoms with Crippen LogP contribution in [0.1, 0.15) is 18.0 Å². The Labute approximate surface area is 152 Å². The smallest absolute Gasteiger partial charge is 0.312 e. The number of hydrogen-bond acceptors (Lipinski definition) is 4. The molecular weight excluding hydrogens is 334 g/mol. The standard InChI is InChI=1S/C19H23N3O4/c1-25-15-7-9-16(10-8-15)26-12-11-21-18(23)13-17(22-19(20)24)14-5-3-2-4-6-14/h2-10,17H,11-13H2,1H3,(H,21,23)(H3,20,22,24). The van der Waals surface area contributed by atoms with Crippen molar-refractivity contribution in [1.29, 1.82) is 0 Å². The molecule has 0 heterocycles. The second-order valence-electron chi connectivity index (χ2n) is 5.55. The van der Waals surface area contributed by atoms with Gasteiger partial charge in [0.1, 0.15) is 18.1 Å². The van der Waals surface area contributed by atoms with Crippen LogP contribution < -0.4 is 25.8 Å². The Morgan fingerprint density at radius 3 is 2.31 bits per heavy atom. The van der Waals surface area contributed by atoms with Crippen molar-refractivity contribution < 1.29 is 19.1 Å². The van der Waals surface area contributed by atoms with E-state index in [0.29, 0.717) is 18.9 Å². The van der Waals surface area contributed by atoms with Gasteiger partial charge in [0, 0.05) is 0 Å². The van der Waals surface area contributed by atoms with Crippen molar-refractivity contribution in [3.8, 4) is 11.5 Å². The second kappa shape index (κ2) is 9.93. The zero-order chi connectivity index (χ0) is 18.8. The van der Waals surface area contributed by atoms with Gasteiger partial charge in [-0.3, -0.25) is 4.79 Å². The Morgan fingerprint density at radius 2 is 1.69 bits per heavy atom. The van der Waals surface area contributed by atoms with E-state index in [9.17, 15) is 9.59 Å². The van der Waals surface area contributed by atoms with E-state index in [1.165, 1.54) is 0 Å². The Morgan fingerprint density at radius 1 is 1.04 bits per heavy atom. The van der Waals surface area contributed by atoms with Crippen molar-refractivity contribution in [3.05, 3.63) is 60.2 Å². The average Bonchev–Trinajstić information content (AvgIpc) is 2.65. The molecule has 2 rings (SSSR count). The number of carbonyl (C=O) groups is 2. The van der Waals surface area contributed by atoms with Gasteiger partial charge in [-0.2, -0.15) is 0 Å². The number of carbonyl (C=O) groups excluding carboxylic acids is 2. The number of benzene rings is 2. The van der Waals surface area contributed by atoms with Crippen molar-refractivity contribution in [3.63, 3.8) is 0 Å². The molecule has 138 valence electrons. The summed E-state index contributed by atoms with van der Waals surface area (Å²) < 4.78 is 10.6. The van der Waals surface area contributed by atoms with Gasteiger partial charge in [-0.05, 0) is 29.8 Å². The highest BCUT2D eigenvalue weighted by molar-refractivity contribution is 5.78. The molecule has 1 atom stereocenters. The number of nitrogens with one attached hydrogen (secondary N) is 2. The molecule has 0 fully saturated rings.